The topological polar surface area (TPSA) is 129 Å². The molecule has 0 saturated carbocycles. The van der Waals surface area contributed by atoms with Crippen LogP contribution in [0.5, 0.6) is 0 Å². The smallest absolute Gasteiger partial charge is 0.271 e. The highest BCUT2D eigenvalue weighted by molar-refractivity contribution is 7.99. The van der Waals surface area contributed by atoms with E-state index in [2.05, 4.69) is 15.5 Å². The number of nitro groups is 1. The number of anilines is 1. The standard InChI is InChI=1S/C16H12Cl2N6O3S/c17-10-3-1-9(2-4-10)15-21-22-16(23(15)19)28-8-14(25)20-13-6-5-11(24(26)27)7-12(13)18/h1-7H,8,19H2,(H,20,25). The van der Waals surface area contributed by atoms with Crippen LogP contribution in [0.4, 0.5) is 11.4 Å². The first-order valence-electron chi connectivity index (χ1n) is 7.68. The number of thioether (sulfide) groups is 1. The number of nitrogens with one attached hydrogen (secondary N) is 1. The van der Waals surface area contributed by atoms with E-state index in [0.29, 0.717) is 16.0 Å². The summed E-state index contributed by atoms with van der Waals surface area (Å²) in [5.41, 5.74) is 0.839. The number of nitrogen functional groups attached to an aromatic ring is 1. The van der Waals surface area contributed by atoms with Crippen LogP contribution in [0.1, 0.15) is 0 Å². The highest BCUT2D eigenvalue weighted by atomic mass is 35.5. The van der Waals surface area contributed by atoms with E-state index in [4.69, 9.17) is 29.0 Å². The number of carbonyl (C=O) groups is 1. The van der Waals surface area contributed by atoms with Crippen molar-refractivity contribution >= 4 is 52.2 Å². The number of carbonyl (C=O) groups excluding carboxylic acids is 1. The van der Waals surface area contributed by atoms with Gasteiger partial charge in [0.05, 0.1) is 21.4 Å². The second kappa shape index (κ2) is 8.46. The molecule has 0 saturated heterocycles. The van der Waals surface area contributed by atoms with Gasteiger partial charge in [0, 0.05) is 22.7 Å². The molecule has 0 atom stereocenters. The van der Waals surface area contributed by atoms with Crippen LogP contribution >= 0.6 is 35.0 Å². The molecule has 9 nitrogen and oxygen atoms in total. The zero-order chi connectivity index (χ0) is 20.3. The average molecular weight is 439 g/mol. The van der Waals surface area contributed by atoms with Crippen molar-refractivity contribution in [2.75, 3.05) is 16.9 Å². The summed E-state index contributed by atoms with van der Waals surface area (Å²) < 4.78 is 1.28. The maximum Gasteiger partial charge on any atom is 0.271 e. The van der Waals surface area contributed by atoms with Gasteiger partial charge in [-0.1, -0.05) is 35.0 Å². The minimum absolute atomic E-state index is 0.0106. The molecule has 12 heteroatoms. The van der Waals surface area contributed by atoms with Crippen molar-refractivity contribution in [3.05, 3.63) is 62.6 Å². The number of benzene rings is 2. The number of nitrogens with two attached hydrogens (primary N) is 1. The molecule has 0 aliphatic rings. The molecule has 0 unspecified atom stereocenters. The molecule has 1 aromatic heterocycles. The molecular formula is C16H12Cl2N6O3S. The Kier molecular flexibility index (Phi) is 6.02. The number of hydrogen-bond donors (Lipinski definition) is 2. The summed E-state index contributed by atoms with van der Waals surface area (Å²) in [5, 5.41) is 22.3. The third kappa shape index (κ3) is 4.53. The van der Waals surface area contributed by atoms with Gasteiger partial charge in [-0.15, -0.1) is 10.2 Å². The van der Waals surface area contributed by atoms with E-state index in [-0.39, 0.29) is 28.1 Å². The molecule has 1 heterocycles. The first kappa shape index (κ1) is 19.9. The maximum absolute atomic E-state index is 12.1. The van der Waals surface area contributed by atoms with Crippen molar-refractivity contribution < 1.29 is 9.72 Å². The third-order valence-corrected chi connectivity index (χ3v) is 5.04. The lowest BCUT2D eigenvalue weighted by molar-refractivity contribution is -0.384. The summed E-state index contributed by atoms with van der Waals surface area (Å²) in [6, 6.07) is 10.7. The Labute approximate surface area is 173 Å². The van der Waals surface area contributed by atoms with Crippen molar-refractivity contribution in [2.45, 2.75) is 5.16 Å². The fourth-order valence-electron chi connectivity index (χ4n) is 2.21. The van der Waals surface area contributed by atoms with Crippen LogP contribution in [0, 0.1) is 10.1 Å². The van der Waals surface area contributed by atoms with Crippen molar-refractivity contribution in [3.63, 3.8) is 0 Å². The highest BCUT2D eigenvalue weighted by Crippen LogP contribution is 2.27. The normalized spacial score (nSPS) is 10.6. The Morgan fingerprint density at radius 2 is 1.93 bits per heavy atom. The van der Waals surface area contributed by atoms with E-state index in [1.807, 2.05) is 0 Å². The lowest BCUT2D eigenvalue weighted by Gasteiger charge is -2.07. The number of nitrogens with zero attached hydrogens (tertiary/aromatic N) is 4. The monoisotopic (exact) mass is 438 g/mol. The number of nitro benzene ring substituents is 1. The average Bonchev–Trinajstić information content (AvgIpc) is 3.03. The molecule has 0 fully saturated rings. The number of non-ortho nitro benzene ring substituents is 1. The van der Waals surface area contributed by atoms with Crippen LogP contribution in [0.3, 0.4) is 0 Å². The van der Waals surface area contributed by atoms with Crippen molar-refractivity contribution in [1.29, 1.82) is 0 Å². The Balaban J connectivity index is 1.64. The van der Waals surface area contributed by atoms with Crippen LogP contribution in [0.15, 0.2) is 47.6 Å². The van der Waals surface area contributed by atoms with Gasteiger partial charge in [-0.05, 0) is 30.3 Å². The molecule has 0 aliphatic carbocycles. The van der Waals surface area contributed by atoms with E-state index < -0.39 is 4.92 Å². The van der Waals surface area contributed by atoms with Crippen LogP contribution in [0.2, 0.25) is 10.0 Å². The van der Waals surface area contributed by atoms with Gasteiger partial charge in [-0.3, -0.25) is 14.9 Å². The summed E-state index contributed by atoms with van der Waals surface area (Å²) in [4.78, 5) is 22.3. The summed E-state index contributed by atoms with van der Waals surface area (Å²) in [5.74, 6) is 6.04. The number of halogens is 2. The van der Waals surface area contributed by atoms with Gasteiger partial charge < -0.3 is 11.2 Å². The van der Waals surface area contributed by atoms with Gasteiger partial charge in [0.25, 0.3) is 5.69 Å². The summed E-state index contributed by atoms with van der Waals surface area (Å²) in [7, 11) is 0. The predicted octanol–water partition coefficient (Wildman–Crippen LogP) is 3.60. The van der Waals surface area contributed by atoms with Crippen LogP contribution in [0.25, 0.3) is 11.4 Å². The zero-order valence-corrected chi connectivity index (χ0v) is 16.3. The minimum Gasteiger partial charge on any atom is -0.335 e. The van der Waals surface area contributed by atoms with Crippen molar-refractivity contribution in [3.8, 4) is 11.4 Å². The Bertz CT molecular complexity index is 1040. The molecule has 0 radical (unpaired) electrons. The van der Waals surface area contributed by atoms with E-state index >= 15 is 0 Å². The largest absolute Gasteiger partial charge is 0.335 e. The van der Waals surface area contributed by atoms with Crippen LogP contribution in [-0.2, 0) is 4.79 Å². The summed E-state index contributed by atoms with van der Waals surface area (Å²) in [6.07, 6.45) is 0. The SMILES string of the molecule is Nn1c(SCC(=O)Nc2ccc([N+](=O)[O-])cc2Cl)nnc1-c1ccc(Cl)cc1. The van der Waals surface area contributed by atoms with Crippen LogP contribution in [-0.4, -0.2) is 31.5 Å². The molecule has 0 bridgehead atoms. The first-order valence-corrected chi connectivity index (χ1v) is 9.42. The second-order valence-corrected chi connectivity index (χ2v) is 7.23. The minimum atomic E-state index is -0.570. The van der Waals surface area contributed by atoms with Gasteiger partial charge in [-0.25, -0.2) is 4.68 Å². The Morgan fingerprint density at radius 1 is 1.21 bits per heavy atom. The molecule has 144 valence electrons. The highest BCUT2D eigenvalue weighted by Gasteiger charge is 2.15. The van der Waals surface area contributed by atoms with Crippen molar-refractivity contribution in [2.24, 2.45) is 0 Å². The fourth-order valence-corrected chi connectivity index (χ4v) is 3.21. The van der Waals surface area contributed by atoms with Gasteiger partial charge in [-0.2, -0.15) is 0 Å². The number of aromatic nitrogens is 3. The molecule has 2 aromatic carbocycles. The number of amides is 1. The summed E-state index contributed by atoms with van der Waals surface area (Å²) in [6.45, 7) is 0. The molecule has 28 heavy (non-hydrogen) atoms. The van der Waals surface area contributed by atoms with Gasteiger partial charge in [0.2, 0.25) is 11.1 Å². The first-order chi connectivity index (χ1) is 13.3. The van der Waals surface area contributed by atoms with Gasteiger partial charge in [0.1, 0.15) is 0 Å². The molecule has 1 amide bonds. The predicted molar refractivity (Wildman–Crippen MR) is 108 cm³/mol. The molecule has 3 N–H and O–H groups in total. The van der Waals surface area contributed by atoms with E-state index in [1.165, 1.54) is 22.9 Å². The van der Waals surface area contributed by atoms with E-state index in [0.717, 1.165) is 17.3 Å². The van der Waals surface area contributed by atoms with Crippen LogP contribution < -0.4 is 11.2 Å². The molecule has 0 spiro atoms. The molecule has 3 aromatic rings. The fraction of sp³-hybridized carbons (Fsp3) is 0.0625. The second-order valence-electron chi connectivity index (χ2n) is 5.44. The molecule has 3 rings (SSSR count). The molecular weight excluding hydrogens is 427 g/mol. The third-order valence-electron chi connectivity index (χ3n) is 3.54. The van der Waals surface area contributed by atoms with Gasteiger partial charge in [0.15, 0.2) is 5.82 Å². The Hall–Kier alpha value is -2.82. The van der Waals surface area contributed by atoms with E-state index in [9.17, 15) is 14.9 Å². The van der Waals surface area contributed by atoms with Gasteiger partial charge >= 0.3 is 0 Å². The lowest BCUT2D eigenvalue weighted by Crippen LogP contribution is -2.16. The summed E-state index contributed by atoms with van der Waals surface area (Å²) >= 11 is 12.9. The number of rotatable bonds is 6. The van der Waals surface area contributed by atoms with E-state index in [1.54, 1.807) is 24.3 Å². The maximum atomic E-state index is 12.1. The molecule has 0 aliphatic heterocycles. The quantitative estimate of drug-likeness (QED) is 0.260. The number of hydrogen-bond acceptors (Lipinski definition) is 7. The zero-order valence-electron chi connectivity index (χ0n) is 14.0. The van der Waals surface area contributed by atoms with Crippen molar-refractivity contribution in [1.82, 2.24) is 14.9 Å². The Morgan fingerprint density at radius 3 is 2.57 bits per heavy atom. The lowest BCUT2D eigenvalue weighted by atomic mass is 10.2.